The van der Waals surface area contributed by atoms with Crippen LogP contribution in [0.2, 0.25) is 0 Å². The molecular formula is C16H19N5O. The molecule has 2 heterocycles. The Kier molecular flexibility index (Phi) is 4.20. The highest BCUT2D eigenvalue weighted by atomic mass is 16.5. The molecule has 1 atom stereocenters. The molecule has 0 aliphatic rings. The quantitative estimate of drug-likeness (QED) is 0.730. The molecule has 22 heavy (non-hydrogen) atoms. The Morgan fingerprint density at radius 1 is 1.23 bits per heavy atom. The number of imidazole rings is 2. The van der Waals surface area contributed by atoms with Crippen molar-refractivity contribution in [1.82, 2.24) is 24.8 Å². The van der Waals surface area contributed by atoms with E-state index >= 15 is 0 Å². The number of hydrogen-bond donors (Lipinski definition) is 2. The van der Waals surface area contributed by atoms with E-state index in [-0.39, 0.29) is 6.04 Å². The lowest BCUT2D eigenvalue weighted by atomic mass is 10.1. The van der Waals surface area contributed by atoms with Crippen LogP contribution in [-0.2, 0) is 13.6 Å². The number of rotatable bonds is 6. The number of hydrogen-bond acceptors (Lipinski definition) is 4. The topological polar surface area (TPSA) is 67.8 Å². The van der Waals surface area contributed by atoms with Gasteiger partial charge >= 0.3 is 0 Å². The fraction of sp³-hybridized carbons (Fsp3) is 0.250. The second-order valence-electron chi connectivity index (χ2n) is 5.02. The smallest absolute Gasteiger partial charge is 0.130 e. The number of aromatic nitrogens is 4. The average Bonchev–Trinajstić information content (AvgIpc) is 3.20. The lowest BCUT2D eigenvalue weighted by Gasteiger charge is -2.19. The van der Waals surface area contributed by atoms with Crippen LogP contribution in [0.25, 0.3) is 0 Å². The van der Waals surface area contributed by atoms with E-state index in [9.17, 15) is 0 Å². The molecule has 1 unspecified atom stereocenters. The monoisotopic (exact) mass is 297 g/mol. The van der Waals surface area contributed by atoms with E-state index < -0.39 is 0 Å². The third kappa shape index (κ3) is 3.01. The van der Waals surface area contributed by atoms with Gasteiger partial charge in [0.1, 0.15) is 17.4 Å². The summed E-state index contributed by atoms with van der Waals surface area (Å²) in [4.78, 5) is 11.8. The van der Waals surface area contributed by atoms with Gasteiger partial charge in [-0.25, -0.2) is 9.97 Å². The summed E-state index contributed by atoms with van der Waals surface area (Å²) in [5.41, 5.74) is 1.13. The molecule has 0 saturated carbocycles. The summed E-state index contributed by atoms with van der Waals surface area (Å²) in [7, 11) is 3.66. The molecule has 3 aromatic rings. The fourth-order valence-corrected chi connectivity index (χ4v) is 2.40. The normalized spacial score (nSPS) is 12.3. The Balaban J connectivity index is 1.86. The third-order valence-corrected chi connectivity index (χ3v) is 3.59. The van der Waals surface area contributed by atoms with E-state index in [1.807, 2.05) is 48.3 Å². The Morgan fingerprint density at radius 2 is 2.05 bits per heavy atom. The summed E-state index contributed by atoms with van der Waals surface area (Å²) in [6.45, 7) is 0.635. The van der Waals surface area contributed by atoms with Gasteiger partial charge in [-0.2, -0.15) is 0 Å². The molecule has 2 N–H and O–H groups in total. The molecule has 0 aliphatic heterocycles. The lowest BCUT2D eigenvalue weighted by molar-refractivity contribution is 0.414. The molecule has 0 fully saturated rings. The number of nitrogens with one attached hydrogen (secondary N) is 2. The predicted molar refractivity (Wildman–Crippen MR) is 83.5 cm³/mol. The maximum Gasteiger partial charge on any atom is 0.130 e. The molecule has 0 bridgehead atoms. The summed E-state index contributed by atoms with van der Waals surface area (Å²) in [6.07, 6.45) is 7.32. The maximum absolute atomic E-state index is 5.23. The van der Waals surface area contributed by atoms with Crippen LogP contribution in [-0.4, -0.2) is 26.6 Å². The molecule has 0 spiro atoms. The summed E-state index contributed by atoms with van der Waals surface area (Å²) >= 11 is 0. The Morgan fingerprint density at radius 3 is 2.64 bits per heavy atom. The number of nitrogens with zero attached hydrogens (tertiary/aromatic N) is 3. The molecule has 3 rings (SSSR count). The molecular weight excluding hydrogens is 278 g/mol. The SMILES string of the molecule is COc1ccc(C(NCc2ncc[nH]2)c2nccn2C)cc1. The van der Waals surface area contributed by atoms with Gasteiger partial charge in [-0.1, -0.05) is 12.1 Å². The molecule has 0 saturated heterocycles. The van der Waals surface area contributed by atoms with Gasteiger partial charge < -0.3 is 14.3 Å². The van der Waals surface area contributed by atoms with Crippen LogP contribution < -0.4 is 10.1 Å². The number of aryl methyl sites for hydroxylation is 1. The van der Waals surface area contributed by atoms with Crippen molar-refractivity contribution in [2.45, 2.75) is 12.6 Å². The maximum atomic E-state index is 5.23. The molecule has 114 valence electrons. The van der Waals surface area contributed by atoms with Gasteiger partial charge in [0.05, 0.1) is 19.7 Å². The van der Waals surface area contributed by atoms with Gasteiger partial charge in [0, 0.05) is 31.8 Å². The van der Waals surface area contributed by atoms with Crippen molar-refractivity contribution in [3.8, 4) is 5.75 Å². The van der Waals surface area contributed by atoms with Gasteiger partial charge in [-0.3, -0.25) is 5.32 Å². The number of aromatic amines is 1. The van der Waals surface area contributed by atoms with Crippen LogP contribution in [0.15, 0.2) is 49.1 Å². The Hall–Kier alpha value is -2.60. The first-order valence-corrected chi connectivity index (χ1v) is 7.10. The summed E-state index contributed by atoms with van der Waals surface area (Å²) in [5.74, 6) is 2.69. The van der Waals surface area contributed by atoms with Crippen LogP contribution in [0.1, 0.15) is 23.3 Å². The molecule has 6 heteroatoms. The van der Waals surface area contributed by atoms with Gasteiger partial charge in [-0.05, 0) is 17.7 Å². The summed E-state index contributed by atoms with van der Waals surface area (Å²) in [6, 6.07) is 8.00. The highest BCUT2D eigenvalue weighted by molar-refractivity contribution is 5.32. The highest BCUT2D eigenvalue weighted by Crippen LogP contribution is 2.23. The first-order chi connectivity index (χ1) is 10.8. The van der Waals surface area contributed by atoms with E-state index in [4.69, 9.17) is 4.74 Å². The third-order valence-electron chi connectivity index (χ3n) is 3.59. The van der Waals surface area contributed by atoms with Crippen molar-refractivity contribution in [2.24, 2.45) is 7.05 Å². The van der Waals surface area contributed by atoms with Crippen LogP contribution in [0.5, 0.6) is 5.75 Å². The summed E-state index contributed by atoms with van der Waals surface area (Å²) < 4.78 is 7.24. The van der Waals surface area contributed by atoms with E-state index in [0.717, 1.165) is 23.0 Å². The van der Waals surface area contributed by atoms with Crippen LogP contribution >= 0.6 is 0 Å². The van der Waals surface area contributed by atoms with Crippen molar-refractivity contribution < 1.29 is 4.74 Å². The van der Waals surface area contributed by atoms with Crippen LogP contribution in [0.3, 0.4) is 0 Å². The van der Waals surface area contributed by atoms with Gasteiger partial charge in [0.25, 0.3) is 0 Å². The zero-order valence-corrected chi connectivity index (χ0v) is 12.7. The minimum absolute atomic E-state index is 0.0176. The predicted octanol–water partition coefficient (Wildman–Crippen LogP) is 2.03. The average molecular weight is 297 g/mol. The lowest BCUT2D eigenvalue weighted by Crippen LogP contribution is -2.25. The zero-order chi connectivity index (χ0) is 15.4. The highest BCUT2D eigenvalue weighted by Gasteiger charge is 2.18. The number of benzene rings is 1. The molecule has 0 aliphatic carbocycles. The first-order valence-electron chi connectivity index (χ1n) is 7.10. The second-order valence-corrected chi connectivity index (χ2v) is 5.02. The van der Waals surface area contributed by atoms with Crippen LogP contribution in [0.4, 0.5) is 0 Å². The number of methoxy groups -OCH3 is 1. The molecule has 6 nitrogen and oxygen atoms in total. The van der Waals surface area contributed by atoms with Crippen molar-refractivity contribution in [1.29, 1.82) is 0 Å². The Labute approximate surface area is 129 Å². The van der Waals surface area contributed by atoms with Gasteiger partial charge in [0.2, 0.25) is 0 Å². The van der Waals surface area contributed by atoms with Crippen LogP contribution in [0, 0.1) is 0 Å². The Bertz CT molecular complexity index is 702. The number of ether oxygens (including phenoxy) is 1. The van der Waals surface area contributed by atoms with Crippen molar-refractivity contribution >= 4 is 0 Å². The van der Waals surface area contributed by atoms with Gasteiger partial charge in [0.15, 0.2) is 0 Å². The van der Waals surface area contributed by atoms with Crippen molar-refractivity contribution in [3.63, 3.8) is 0 Å². The zero-order valence-electron chi connectivity index (χ0n) is 12.7. The minimum Gasteiger partial charge on any atom is -0.497 e. The van der Waals surface area contributed by atoms with Gasteiger partial charge in [-0.15, -0.1) is 0 Å². The number of H-pyrrole nitrogens is 1. The molecule has 0 amide bonds. The van der Waals surface area contributed by atoms with E-state index in [0.29, 0.717) is 6.54 Å². The van der Waals surface area contributed by atoms with E-state index in [1.165, 1.54) is 0 Å². The van der Waals surface area contributed by atoms with E-state index in [1.54, 1.807) is 19.5 Å². The van der Waals surface area contributed by atoms with E-state index in [2.05, 4.69) is 20.3 Å². The fourth-order valence-electron chi connectivity index (χ4n) is 2.40. The molecule has 2 aromatic heterocycles. The van der Waals surface area contributed by atoms with Crippen molar-refractivity contribution in [3.05, 3.63) is 66.3 Å². The first kappa shape index (κ1) is 14.3. The standard InChI is InChI=1S/C16H19N5O/c1-21-10-9-19-16(21)15(20-11-14-17-7-8-18-14)12-3-5-13(22-2)6-4-12/h3-10,15,20H,11H2,1-2H3,(H,17,18). The summed E-state index contributed by atoms with van der Waals surface area (Å²) in [5, 5.41) is 3.50. The molecule has 0 radical (unpaired) electrons. The largest absolute Gasteiger partial charge is 0.497 e. The molecule has 1 aromatic carbocycles. The second kappa shape index (κ2) is 6.44. The van der Waals surface area contributed by atoms with Crippen molar-refractivity contribution in [2.75, 3.05) is 7.11 Å². The minimum atomic E-state index is -0.0176.